The molecule has 7 nitrogen and oxygen atoms in total. The van der Waals surface area contributed by atoms with Crippen LogP contribution in [0.3, 0.4) is 0 Å². The Morgan fingerprint density at radius 2 is 1.71 bits per heavy atom. The van der Waals surface area contributed by atoms with Crippen LogP contribution in [0.25, 0.3) is 11.4 Å². The second-order valence-corrected chi connectivity index (χ2v) is 14.9. The number of hydrogen-bond acceptors (Lipinski definition) is 7. The maximum absolute atomic E-state index is 10.3. The van der Waals surface area contributed by atoms with Gasteiger partial charge in [-0.3, -0.25) is 0 Å². The quantitative estimate of drug-likeness (QED) is 0.333. The van der Waals surface area contributed by atoms with Crippen molar-refractivity contribution >= 4 is 8.32 Å². The summed E-state index contributed by atoms with van der Waals surface area (Å²) < 4.78 is 23.4. The Hall–Kier alpha value is -3.10. The standard InChI is InChI=1S/C27H36N2O5Si/c1-19(17-33-35(6,7)27(2,3)4)34-24-15-21(14-22(30)16-24)26-28-13-12-25(29-26)32-18-20-8-10-23(31-5)11-9-20/h8-16,19,30H,17-18H2,1-7H3. The number of methoxy groups -OCH3 is 1. The first-order valence-corrected chi connectivity index (χ1v) is 14.6. The predicted molar refractivity (Wildman–Crippen MR) is 140 cm³/mol. The van der Waals surface area contributed by atoms with E-state index in [1.54, 1.807) is 31.5 Å². The minimum Gasteiger partial charge on any atom is -0.508 e. The molecule has 0 aliphatic rings. The van der Waals surface area contributed by atoms with Gasteiger partial charge >= 0.3 is 0 Å². The van der Waals surface area contributed by atoms with Crippen molar-refractivity contribution in [3.8, 4) is 34.5 Å². The van der Waals surface area contributed by atoms with Gasteiger partial charge < -0.3 is 23.7 Å². The molecule has 0 bridgehead atoms. The molecule has 1 aromatic heterocycles. The zero-order valence-electron chi connectivity index (χ0n) is 21.7. The first kappa shape index (κ1) is 26.5. The molecule has 1 atom stereocenters. The van der Waals surface area contributed by atoms with Crippen molar-refractivity contribution in [1.29, 1.82) is 0 Å². The molecule has 35 heavy (non-hydrogen) atoms. The number of nitrogens with zero attached hydrogens (tertiary/aromatic N) is 2. The van der Waals surface area contributed by atoms with Gasteiger partial charge in [0.1, 0.15) is 30.0 Å². The van der Waals surface area contributed by atoms with Crippen molar-refractivity contribution in [2.75, 3.05) is 13.7 Å². The Morgan fingerprint density at radius 1 is 1.00 bits per heavy atom. The summed E-state index contributed by atoms with van der Waals surface area (Å²) in [6.45, 7) is 13.9. The molecule has 0 aliphatic carbocycles. The highest BCUT2D eigenvalue weighted by Gasteiger charge is 2.37. The highest BCUT2D eigenvalue weighted by molar-refractivity contribution is 6.74. The van der Waals surface area contributed by atoms with E-state index in [2.05, 4.69) is 43.8 Å². The first-order valence-electron chi connectivity index (χ1n) is 11.7. The number of aromatic hydroxyl groups is 1. The summed E-state index contributed by atoms with van der Waals surface area (Å²) in [5, 5.41) is 10.4. The molecule has 0 fully saturated rings. The van der Waals surface area contributed by atoms with Crippen LogP contribution in [0.4, 0.5) is 0 Å². The Bertz CT molecular complexity index is 1110. The Kier molecular flexibility index (Phi) is 8.40. The fourth-order valence-corrected chi connectivity index (χ4v) is 4.11. The van der Waals surface area contributed by atoms with Crippen LogP contribution in [-0.2, 0) is 11.0 Å². The molecule has 0 saturated carbocycles. The second kappa shape index (κ2) is 11.1. The topological polar surface area (TPSA) is 82.9 Å². The summed E-state index contributed by atoms with van der Waals surface area (Å²) in [5.41, 5.74) is 1.63. The summed E-state index contributed by atoms with van der Waals surface area (Å²) in [7, 11) is -0.238. The number of rotatable bonds is 10. The van der Waals surface area contributed by atoms with Crippen molar-refractivity contribution in [2.24, 2.45) is 0 Å². The lowest BCUT2D eigenvalue weighted by Crippen LogP contribution is -2.43. The van der Waals surface area contributed by atoms with Crippen LogP contribution in [0.15, 0.2) is 54.7 Å². The summed E-state index contributed by atoms with van der Waals surface area (Å²) in [6.07, 6.45) is 1.45. The van der Waals surface area contributed by atoms with Crippen LogP contribution in [0.1, 0.15) is 33.3 Å². The SMILES string of the molecule is COc1ccc(COc2ccnc(-c3cc(O)cc(OC(C)CO[Si](C)(C)C(C)(C)C)c3)n2)cc1. The van der Waals surface area contributed by atoms with Crippen molar-refractivity contribution < 1.29 is 23.7 Å². The molecule has 3 aromatic rings. The summed E-state index contributed by atoms with van der Waals surface area (Å²) in [4.78, 5) is 8.86. The van der Waals surface area contributed by atoms with Gasteiger partial charge in [0, 0.05) is 23.9 Å². The molecular formula is C27H36N2O5Si. The fourth-order valence-electron chi connectivity index (χ4n) is 3.03. The fraction of sp³-hybridized carbons (Fsp3) is 0.407. The normalized spacial score (nSPS) is 12.8. The van der Waals surface area contributed by atoms with Gasteiger partial charge in [-0.05, 0) is 54.9 Å². The predicted octanol–water partition coefficient (Wildman–Crippen LogP) is 6.23. The van der Waals surface area contributed by atoms with E-state index in [-0.39, 0.29) is 16.9 Å². The van der Waals surface area contributed by atoms with E-state index < -0.39 is 8.32 Å². The lowest BCUT2D eigenvalue weighted by Gasteiger charge is -2.36. The minimum absolute atomic E-state index is 0.0724. The molecule has 0 amide bonds. The van der Waals surface area contributed by atoms with Crippen LogP contribution in [0, 0.1) is 0 Å². The van der Waals surface area contributed by atoms with Gasteiger partial charge in [0.2, 0.25) is 5.88 Å². The van der Waals surface area contributed by atoms with Crippen LogP contribution in [0.2, 0.25) is 18.1 Å². The monoisotopic (exact) mass is 496 g/mol. The van der Waals surface area contributed by atoms with E-state index in [4.69, 9.17) is 18.6 Å². The molecule has 1 N–H and O–H groups in total. The van der Waals surface area contributed by atoms with Gasteiger partial charge in [-0.2, -0.15) is 4.98 Å². The summed E-state index contributed by atoms with van der Waals surface area (Å²) in [5.74, 6) is 2.26. The third kappa shape index (κ3) is 7.44. The molecule has 2 aromatic carbocycles. The molecule has 0 spiro atoms. The van der Waals surface area contributed by atoms with Crippen LogP contribution < -0.4 is 14.2 Å². The number of aromatic nitrogens is 2. The summed E-state index contributed by atoms with van der Waals surface area (Å²) in [6, 6.07) is 14.3. The van der Waals surface area contributed by atoms with Gasteiger partial charge in [-0.25, -0.2) is 4.98 Å². The van der Waals surface area contributed by atoms with Crippen molar-refractivity contribution in [3.05, 3.63) is 60.3 Å². The Balaban J connectivity index is 1.67. The molecule has 0 saturated heterocycles. The number of ether oxygens (including phenoxy) is 3. The smallest absolute Gasteiger partial charge is 0.217 e. The van der Waals surface area contributed by atoms with Crippen molar-refractivity contribution in [2.45, 2.75) is 58.5 Å². The van der Waals surface area contributed by atoms with E-state index >= 15 is 0 Å². The molecule has 188 valence electrons. The molecule has 0 aliphatic heterocycles. The third-order valence-electron chi connectivity index (χ3n) is 6.15. The minimum atomic E-state index is -1.87. The van der Waals surface area contributed by atoms with Crippen LogP contribution >= 0.6 is 0 Å². The lowest BCUT2D eigenvalue weighted by molar-refractivity contribution is 0.134. The zero-order valence-corrected chi connectivity index (χ0v) is 22.7. The Morgan fingerprint density at radius 3 is 2.37 bits per heavy atom. The molecule has 3 rings (SSSR count). The van der Waals surface area contributed by atoms with E-state index in [0.717, 1.165) is 11.3 Å². The van der Waals surface area contributed by atoms with E-state index in [1.165, 1.54) is 0 Å². The van der Waals surface area contributed by atoms with Gasteiger partial charge in [-0.15, -0.1) is 0 Å². The largest absolute Gasteiger partial charge is 0.508 e. The van der Waals surface area contributed by atoms with Gasteiger partial charge in [0.05, 0.1) is 13.7 Å². The average Bonchev–Trinajstić information content (AvgIpc) is 2.81. The summed E-state index contributed by atoms with van der Waals surface area (Å²) >= 11 is 0. The van der Waals surface area contributed by atoms with Gasteiger partial charge in [-0.1, -0.05) is 32.9 Å². The van der Waals surface area contributed by atoms with E-state index in [0.29, 0.717) is 36.2 Å². The lowest BCUT2D eigenvalue weighted by atomic mass is 10.2. The number of phenols is 1. The second-order valence-electron chi connectivity index (χ2n) is 10.1. The van der Waals surface area contributed by atoms with Crippen LogP contribution in [0.5, 0.6) is 23.1 Å². The molecule has 8 heteroatoms. The molecule has 1 unspecified atom stereocenters. The third-order valence-corrected chi connectivity index (χ3v) is 10.6. The molecule has 1 heterocycles. The molecular weight excluding hydrogens is 460 g/mol. The van der Waals surface area contributed by atoms with Gasteiger partial charge in [0.15, 0.2) is 14.1 Å². The number of phenolic OH excluding ortho intramolecular Hbond substituents is 1. The maximum Gasteiger partial charge on any atom is 0.217 e. The highest BCUT2D eigenvalue weighted by atomic mass is 28.4. The average molecular weight is 497 g/mol. The van der Waals surface area contributed by atoms with Gasteiger partial charge in [0.25, 0.3) is 0 Å². The first-order chi connectivity index (χ1) is 16.5. The number of hydrogen-bond donors (Lipinski definition) is 1. The van der Waals surface area contributed by atoms with Crippen molar-refractivity contribution in [3.63, 3.8) is 0 Å². The maximum atomic E-state index is 10.3. The molecule has 0 radical (unpaired) electrons. The van der Waals surface area contributed by atoms with Crippen molar-refractivity contribution in [1.82, 2.24) is 9.97 Å². The van der Waals surface area contributed by atoms with Crippen LogP contribution in [-0.4, -0.2) is 43.2 Å². The highest BCUT2D eigenvalue weighted by Crippen LogP contribution is 2.37. The zero-order chi connectivity index (χ0) is 25.6. The Labute approximate surface area is 209 Å². The number of benzene rings is 2. The van der Waals surface area contributed by atoms with E-state index in [9.17, 15) is 5.11 Å². The van der Waals surface area contributed by atoms with E-state index in [1.807, 2.05) is 37.3 Å².